The normalized spacial score (nSPS) is 20.1. The third-order valence-corrected chi connectivity index (χ3v) is 3.15. The van der Waals surface area contributed by atoms with Crippen molar-refractivity contribution in [1.82, 2.24) is 10.2 Å². The molecule has 1 atom stereocenters. The number of benzene rings is 1. The van der Waals surface area contributed by atoms with E-state index in [-0.39, 0.29) is 0 Å². The van der Waals surface area contributed by atoms with Gasteiger partial charge in [0.05, 0.1) is 0 Å². The summed E-state index contributed by atoms with van der Waals surface area (Å²) >= 11 is 0. The summed E-state index contributed by atoms with van der Waals surface area (Å²) in [5, 5.41) is 3.39. The molecule has 1 fully saturated rings. The molecule has 15 heavy (non-hydrogen) atoms. The second kappa shape index (κ2) is 5.29. The highest BCUT2D eigenvalue weighted by molar-refractivity contribution is 5.15. The van der Waals surface area contributed by atoms with E-state index in [1.807, 2.05) is 0 Å². The van der Waals surface area contributed by atoms with Gasteiger partial charge in [0, 0.05) is 32.2 Å². The van der Waals surface area contributed by atoms with Gasteiger partial charge in [-0.25, -0.2) is 0 Å². The summed E-state index contributed by atoms with van der Waals surface area (Å²) in [6.45, 7) is 6.98. The fourth-order valence-electron chi connectivity index (χ4n) is 2.21. The molecule has 1 aliphatic heterocycles. The van der Waals surface area contributed by atoms with Gasteiger partial charge < -0.3 is 5.32 Å². The van der Waals surface area contributed by atoms with Crippen LogP contribution in [-0.2, 0) is 6.42 Å². The number of nitrogens with one attached hydrogen (secondary N) is 1. The Morgan fingerprint density at radius 1 is 1.20 bits per heavy atom. The average Bonchev–Trinajstić information content (AvgIpc) is 2.31. The van der Waals surface area contributed by atoms with E-state index < -0.39 is 0 Å². The highest BCUT2D eigenvalue weighted by atomic mass is 15.2. The fraction of sp³-hybridized carbons (Fsp3) is 0.538. The molecule has 2 nitrogen and oxygen atoms in total. The summed E-state index contributed by atoms with van der Waals surface area (Å²) in [6.07, 6.45) is 1.17. The summed E-state index contributed by atoms with van der Waals surface area (Å²) in [5.74, 6) is 0. The van der Waals surface area contributed by atoms with E-state index >= 15 is 0 Å². The minimum Gasteiger partial charge on any atom is -0.314 e. The number of hydrogen-bond acceptors (Lipinski definition) is 2. The highest BCUT2D eigenvalue weighted by Crippen LogP contribution is 2.09. The Balaban J connectivity index is 1.88. The van der Waals surface area contributed by atoms with Gasteiger partial charge in [0.25, 0.3) is 0 Å². The van der Waals surface area contributed by atoms with Crippen molar-refractivity contribution in [3.05, 3.63) is 35.9 Å². The Bertz CT molecular complexity index is 278. The van der Waals surface area contributed by atoms with Crippen LogP contribution in [0.1, 0.15) is 12.5 Å². The van der Waals surface area contributed by atoms with Gasteiger partial charge in [-0.15, -0.1) is 0 Å². The zero-order valence-electron chi connectivity index (χ0n) is 9.45. The lowest BCUT2D eigenvalue weighted by molar-refractivity contribution is 0.183. The molecule has 1 aromatic rings. The minimum absolute atomic E-state index is 0.662. The highest BCUT2D eigenvalue weighted by Gasteiger charge is 2.16. The average molecular weight is 204 g/mol. The van der Waals surface area contributed by atoms with Gasteiger partial charge >= 0.3 is 0 Å². The van der Waals surface area contributed by atoms with Crippen molar-refractivity contribution >= 4 is 0 Å². The molecular weight excluding hydrogens is 184 g/mol. The van der Waals surface area contributed by atoms with Crippen LogP contribution in [0.3, 0.4) is 0 Å². The van der Waals surface area contributed by atoms with Crippen LogP contribution >= 0.6 is 0 Å². The molecule has 2 heteroatoms. The Hall–Kier alpha value is -0.860. The third-order valence-electron chi connectivity index (χ3n) is 3.15. The Morgan fingerprint density at radius 2 is 1.87 bits per heavy atom. The van der Waals surface area contributed by atoms with Crippen molar-refractivity contribution in [1.29, 1.82) is 0 Å². The molecule has 0 amide bonds. The van der Waals surface area contributed by atoms with Crippen LogP contribution < -0.4 is 5.32 Å². The standard InChI is InChI=1S/C13H20N2/c1-12(15-9-7-14-8-10-15)11-13-5-3-2-4-6-13/h2-6,12,14H,7-11H2,1H3/t12-/m1/s1. The Morgan fingerprint density at radius 3 is 2.53 bits per heavy atom. The molecule has 82 valence electrons. The van der Waals surface area contributed by atoms with Crippen LogP contribution in [0.2, 0.25) is 0 Å². The molecule has 0 saturated carbocycles. The van der Waals surface area contributed by atoms with Gasteiger partial charge in [-0.05, 0) is 18.9 Å². The molecule has 1 aromatic carbocycles. The smallest absolute Gasteiger partial charge is 0.0110 e. The summed E-state index contributed by atoms with van der Waals surface area (Å²) in [7, 11) is 0. The molecule has 0 radical (unpaired) electrons. The van der Waals surface area contributed by atoms with E-state index in [2.05, 4.69) is 47.5 Å². The van der Waals surface area contributed by atoms with Crippen molar-refractivity contribution in [2.75, 3.05) is 26.2 Å². The molecule has 0 bridgehead atoms. The molecule has 1 heterocycles. The van der Waals surface area contributed by atoms with Crippen molar-refractivity contribution in [3.8, 4) is 0 Å². The second-order valence-corrected chi connectivity index (χ2v) is 4.32. The van der Waals surface area contributed by atoms with Gasteiger partial charge in [-0.2, -0.15) is 0 Å². The lowest BCUT2D eigenvalue weighted by Crippen LogP contribution is -2.48. The van der Waals surface area contributed by atoms with E-state index in [0.29, 0.717) is 6.04 Å². The largest absolute Gasteiger partial charge is 0.314 e. The number of hydrogen-bond donors (Lipinski definition) is 1. The predicted molar refractivity (Wildman–Crippen MR) is 64.1 cm³/mol. The molecule has 1 aliphatic rings. The zero-order valence-corrected chi connectivity index (χ0v) is 9.45. The van der Waals surface area contributed by atoms with E-state index in [0.717, 1.165) is 13.1 Å². The quantitative estimate of drug-likeness (QED) is 0.803. The first-order valence-corrected chi connectivity index (χ1v) is 5.85. The van der Waals surface area contributed by atoms with Gasteiger partial charge in [-0.1, -0.05) is 30.3 Å². The summed E-state index contributed by atoms with van der Waals surface area (Å²) in [6, 6.07) is 11.4. The number of piperazine rings is 1. The molecule has 1 N–H and O–H groups in total. The lowest BCUT2D eigenvalue weighted by atomic mass is 10.1. The van der Waals surface area contributed by atoms with Crippen LogP contribution in [0.5, 0.6) is 0 Å². The topological polar surface area (TPSA) is 15.3 Å². The number of nitrogens with zero attached hydrogens (tertiary/aromatic N) is 1. The summed E-state index contributed by atoms with van der Waals surface area (Å²) in [5.41, 5.74) is 1.45. The first kappa shape index (κ1) is 10.7. The van der Waals surface area contributed by atoms with Crippen LogP contribution in [-0.4, -0.2) is 37.1 Å². The molecule has 0 spiro atoms. The first-order chi connectivity index (χ1) is 7.36. The van der Waals surface area contributed by atoms with Crippen molar-refractivity contribution < 1.29 is 0 Å². The van der Waals surface area contributed by atoms with Crippen LogP contribution in [0.4, 0.5) is 0 Å². The van der Waals surface area contributed by atoms with E-state index in [4.69, 9.17) is 0 Å². The van der Waals surface area contributed by atoms with E-state index in [9.17, 15) is 0 Å². The summed E-state index contributed by atoms with van der Waals surface area (Å²) < 4.78 is 0. The molecular formula is C13H20N2. The SMILES string of the molecule is C[C@H](Cc1ccccc1)N1CCNCC1. The van der Waals surface area contributed by atoms with Crippen molar-refractivity contribution in [2.45, 2.75) is 19.4 Å². The van der Waals surface area contributed by atoms with Gasteiger partial charge in [-0.3, -0.25) is 4.90 Å². The zero-order chi connectivity index (χ0) is 10.5. The van der Waals surface area contributed by atoms with Crippen molar-refractivity contribution in [3.63, 3.8) is 0 Å². The third kappa shape index (κ3) is 3.05. The summed E-state index contributed by atoms with van der Waals surface area (Å²) in [4.78, 5) is 2.57. The maximum atomic E-state index is 3.39. The fourth-order valence-corrected chi connectivity index (χ4v) is 2.21. The molecule has 2 rings (SSSR count). The Labute approximate surface area is 92.3 Å². The van der Waals surface area contributed by atoms with Crippen LogP contribution in [0.15, 0.2) is 30.3 Å². The molecule has 0 unspecified atom stereocenters. The molecule has 0 aromatic heterocycles. The maximum absolute atomic E-state index is 3.39. The van der Waals surface area contributed by atoms with E-state index in [1.54, 1.807) is 0 Å². The molecule has 0 aliphatic carbocycles. The van der Waals surface area contributed by atoms with Crippen LogP contribution in [0, 0.1) is 0 Å². The first-order valence-electron chi connectivity index (χ1n) is 5.85. The lowest BCUT2D eigenvalue weighted by Gasteiger charge is -2.32. The minimum atomic E-state index is 0.662. The monoisotopic (exact) mass is 204 g/mol. The van der Waals surface area contributed by atoms with Gasteiger partial charge in [0.15, 0.2) is 0 Å². The molecule has 1 saturated heterocycles. The van der Waals surface area contributed by atoms with Gasteiger partial charge in [0.1, 0.15) is 0 Å². The maximum Gasteiger partial charge on any atom is 0.0110 e. The number of rotatable bonds is 3. The second-order valence-electron chi connectivity index (χ2n) is 4.32. The van der Waals surface area contributed by atoms with Crippen molar-refractivity contribution in [2.24, 2.45) is 0 Å². The Kier molecular flexibility index (Phi) is 3.75. The predicted octanol–water partition coefficient (Wildman–Crippen LogP) is 1.52. The van der Waals surface area contributed by atoms with Crippen LogP contribution in [0.25, 0.3) is 0 Å². The van der Waals surface area contributed by atoms with Gasteiger partial charge in [0.2, 0.25) is 0 Å². The van der Waals surface area contributed by atoms with E-state index in [1.165, 1.54) is 25.1 Å².